The molecule has 0 aliphatic carbocycles. The molecule has 0 radical (unpaired) electrons. The Hall–Kier alpha value is -3.30. The van der Waals surface area contributed by atoms with Gasteiger partial charge in [0, 0.05) is 12.6 Å². The number of ether oxygens (including phenoxy) is 1. The highest BCUT2D eigenvalue weighted by Crippen LogP contribution is 2.37. The molecule has 2 aromatic rings. The molecule has 0 aliphatic rings. The number of carbonyl (C=O) groups excluding carboxylic acids is 1. The third kappa shape index (κ3) is 4.64. The molecule has 2 rings (SSSR count). The molecule has 0 saturated carbocycles. The molecular formula is C21H22N2O6S. The molecular weight excluding hydrogens is 408 g/mol. The first kappa shape index (κ1) is 23.0. The van der Waals surface area contributed by atoms with Gasteiger partial charge in [0.05, 0.1) is 34.1 Å². The van der Waals surface area contributed by atoms with Crippen LogP contribution in [0.2, 0.25) is 0 Å². The molecule has 8 nitrogen and oxygen atoms in total. The molecule has 1 atom stereocenters. The zero-order chi connectivity index (χ0) is 22.5. The van der Waals surface area contributed by atoms with Gasteiger partial charge in [-0.1, -0.05) is 48.6 Å². The van der Waals surface area contributed by atoms with Crippen LogP contribution in [0.5, 0.6) is 0 Å². The second-order valence-corrected chi connectivity index (χ2v) is 8.30. The standard InChI is InChI=1S/C21H22N2O6S/c1-5-14-22(30(27,28)17-12-10-15(2)11-13-17)20(16(3)21(24)29-4)18-8-6-7-9-19(18)23(25)26/h5-13,20H,1,3,14H2,2,4H3. The van der Waals surface area contributed by atoms with Crippen molar-refractivity contribution >= 4 is 21.7 Å². The average molecular weight is 430 g/mol. The average Bonchev–Trinajstić information content (AvgIpc) is 2.73. The van der Waals surface area contributed by atoms with Crippen molar-refractivity contribution in [1.29, 1.82) is 0 Å². The summed E-state index contributed by atoms with van der Waals surface area (Å²) < 4.78 is 32.6. The first-order valence-corrected chi connectivity index (χ1v) is 10.3. The Morgan fingerprint density at radius 3 is 2.37 bits per heavy atom. The van der Waals surface area contributed by atoms with Crippen LogP contribution in [0.25, 0.3) is 0 Å². The van der Waals surface area contributed by atoms with E-state index in [1.807, 2.05) is 6.92 Å². The Balaban J connectivity index is 2.77. The van der Waals surface area contributed by atoms with Crippen LogP contribution < -0.4 is 0 Å². The van der Waals surface area contributed by atoms with Crippen LogP contribution in [-0.4, -0.2) is 37.3 Å². The minimum Gasteiger partial charge on any atom is -0.466 e. The predicted octanol–water partition coefficient (Wildman–Crippen LogP) is 3.55. The SMILES string of the molecule is C=CCN(C(C(=C)C(=O)OC)c1ccccc1[N+](=O)[O-])S(=O)(=O)c1ccc(C)cc1. The summed E-state index contributed by atoms with van der Waals surface area (Å²) in [7, 11) is -3.06. The predicted molar refractivity (Wildman–Crippen MR) is 112 cm³/mol. The number of nitro groups is 1. The van der Waals surface area contributed by atoms with Gasteiger partial charge >= 0.3 is 5.97 Å². The number of esters is 1. The molecule has 1 unspecified atom stereocenters. The molecule has 0 bridgehead atoms. The fourth-order valence-electron chi connectivity index (χ4n) is 2.96. The normalized spacial score (nSPS) is 12.2. The monoisotopic (exact) mass is 430 g/mol. The highest BCUT2D eigenvalue weighted by molar-refractivity contribution is 7.89. The van der Waals surface area contributed by atoms with Crippen LogP contribution in [-0.2, 0) is 19.6 Å². The molecule has 0 fully saturated rings. The minimum absolute atomic E-state index is 0.00423. The molecule has 0 heterocycles. The number of sulfonamides is 1. The molecule has 0 aromatic heterocycles. The number of nitrogens with zero attached hydrogens (tertiary/aromatic N) is 2. The second-order valence-electron chi connectivity index (χ2n) is 6.41. The summed E-state index contributed by atoms with van der Waals surface area (Å²) in [5.74, 6) is -0.883. The van der Waals surface area contributed by atoms with E-state index in [1.165, 1.54) is 42.5 Å². The highest BCUT2D eigenvalue weighted by Gasteiger charge is 2.39. The summed E-state index contributed by atoms with van der Waals surface area (Å²) in [4.78, 5) is 23.2. The van der Waals surface area contributed by atoms with E-state index in [1.54, 1.807) is 12.1 Å². The van der Waals surface area contributed by atoms with Crippen molar-refractivity contribution in [3.05, 3.63) is 94.6 Å². The van der Waals surface area contributed by atoms with Gasteiger partial charge in [0.1, 0.15) is 0 Å². The third-order valence-corrected chi connectivity index (χ3v) is 6.28. The lowest BCUT2D eigenvalue weighted by molar-refractivity contribution is -0.385. The number of nitro benzene ring substituents is 1. The smallest absolute Gasteiger partial charge is 0.335 e. The summed E-state index contributed by atoms with van der Waals surface area (Å²) in [5.41, 5.74) is 0.249. The number of para-hydroxylation sites is 1. The topological polar surface area (TPSA) is 107 Å². The van der Waals surface area contributed by atoms with Gasteiger partial charge in [-0.05, 0) is 19.1 Å². The first-order valence-electron chi connectivity index (χ1n) is 8.85. The van der Waals surface area contributed by atoms with Gasteiger partial charge in [0.15, 0.2) is 0 Å². The third-order valence-electron chi connectivity index (χ3n) is 4.43. The van der Waals surface area contributed by atoms with Crippen LogP contribution in [0, 0.1) is 17.0 Å². The Morgan fingerprint density at radius 2 is 1.83 bits per heavy atom. The summed E-state index contributed by atoms with van der Waals surface area (Å²) in [6.45, 7) is 8.88. The van der Waals surface area contributed by atoms with Gasteiger partial charge in [0.25, 0.3) is 5.69 Å². The van der Waals surface area contributed by atoms with Crippen LogP contribution in [0.15, 0.2) is 78.2 Å². The number of rotatable bonds is 9. The Labute approximate surface area is 175 Å². The second kappa shape index (κ2) is 9.47. The fraction of sp³-hybridized carbons (Fsp3) is 0.190. The van der Waals surface area contributed by atoms with Crippen molar-refractivity contribution < 1.29 is 22.9 Å². The lowest BCUT2D eigenvalue weighted by atomic mass is 9.98. The van der Waals surface area contributed by atoms with Crippen molar-refractivity contribution in [3.8, 4) is 0 Å². The molecule has 0 aliphatic heterocycles. The number of aryl methyl sites for hydroxylation is 1. The molecule has 158 valence electrons. The van der Waals surface area contributed by atoms with E-state index in [9.17, 15) is 23.3 Å². The van der Waals surface area contributed by atoms with E-state index < -0.39 is 27.0 Å². The first-order chi connectivity index (χ1) is 14.1. The number of hydrogen-bond acceptors (Lipinski definition) is 6. The number of carbonyl (C=O) groups is 1. The Bertz CT molecular complexity index is 1080. The van der Waals surface area contributed by atoms with Crippen LogP contribution in [0.4, 0.5) is 5.69 Å². The van der Waals surface area contributed by atoms with Gasteiger partial charge in [-0.2, -0.15) is 4.31 Å². The summed E-state index contributed by atoms with van der Waals surface area (Å²) in [6.07, 6.45) is 1.33. The number of hydrogen-bond donors (Lipinski definition) is 0. The van der Waals surface area contributed by atoms with Gasteiger partial charge < -0.3 is 4.74 Å². The van der Waals surface area contributed by atoms with Crippen LogP contribution >= 0.6 is 0 Å². The van der Waals surface area contributed by atoms with E-state index in [0.717, 1.165) is 17.0 Å². The molecule has 30 heavy (non-hydrogen) atoms. The molecule has 2 aromatic carbocycles. The van der Waals surface area contributed by atoms with Crippen LogP contribution in [0.3, 0.4) is 0 Å². The van der Waals surface area contributed by atoms with Crippen molar-refractivity contribution in [2.45, 2.75) is 17.9 Å². The fourth-order valence-corrected chi connectivity index (χ4v) is 4.53. The van der Waals surface area contributed by atoms with E-state index >= 15 is 0 Å². The quantitative estimate of drug-likeness (QED) is 0.198. The Kier molecular flexibility index (Phi) is 7.25. The van der Waals surface area contributed by atoms with E-state index in [0.29, 0.717) is 0 Å². The van der Waals surface area contributed by atoms with Crippen molar-refractivity contribution in [2.24, 2.45) is 0 Å². The maximum Gasteiger partial charge on any atom is 0.335 e. The lowest BCUT2D eigenvalue weighted by Gasteiger charge is -2.30. The summed E-state index contributed by atoms with van der Waals surface area (Å²) >= 11 is 0. The van der Waals surface area contributed by atoms with E-state index in [4.69, 9.17) is 4.74 Å². The van der Waals surface area contributed by atoms with Crippen molar-refractivity contribution in [2.75, 3.05) is 13.7 Å². The summed E-state index contributed by atoms with van der Waals surface area (Å²) in [5, 5.41) is 11.6. The van der Waals surface area contributed by atoms with Crippen molar-refractivity contribution in [3.63, 3.8) is 0 Å². The van der Waals surface area contributed by atoms with Crippen LogP contribution in [0.1, 0.15) is 17.2 Å². The van der Waals surface area contributed by atoms with E-state index in [-0.39, 0.29) is 28.3 Å². The molecule has 9 heteroatoms. The number of methoxy groups -OCH3 is 1. The zero-order valence-corrected chi connectivity index (χ0v) is 17.5. The molecule has 0 N–H and O–H groups in total. The zero-order valence-electron chi connectivity index (χ0n) is 16.6. The van der Waals surface area contributed by atoms with E-state index in [2.05, 4.69) is 13.2 Å². The molecule has 0 saturated heterocycles. The molecule has 0 spiro atoms. The summed E-state index contributed by atoms with van der Waals surface area (Å²) in [6, 6.07) is 10.3. The van der Waals surface area contributed by atoms with Crippen molar-refractivity contribution in [1.82, 2.24) is 4.31 Å². The van der Waals surface area contributed by atoms with Gasteiger partial charge in [-0.3, -0.25) is 10.1 Å². The lowest BCUT2D eigenvalue weighted by Crippen LogP contribution is -2.38. The van der Waals surface area contributed by atoms with Gasteiger partial charge in [0.2, 0.25) is 10.0 Å². The Morgan fingerprint density at radius 1 is 1.23 bits per heavy atom. The molecule has 0 amide bonds. The van der Waals surface area contributed by atoms with Gasteiger partial charge in [-0.15, -0.1) is 6.58 Å². The number of benzene rings is 2. The largest absolute Gasteiger partial charge is 0.466 e. The maximum absolute atomic E-state index is 13.5. The maximum atomic E-state index is 13.5. The van der Waals surface area contributed by atoms with Gasteiger partial charge in [-0.25, -0.2) is 13.2 Å². The highest BCUT2D eigenvalue weighted by atomic mass is 32.2. The minimum atomic E-state index is -4.19.